The lowest BCUT2D eigenvalue weighted by Gasteiger charge is -2.22. The highest BCUT2D eigenvalue weighted by atomic mass is 32.2. The molecule has 2 N–H and O–H groups in total. The largest absolute Gasteiger partial charge is 0.330 e. The van der Waals surface area contributed by atoms with Crippen LogP contribution in [0.1, 0.15) is 58.2 Å². The summed E-state index contributed by atoms with van der Waals surface area (Å²) in [7, 11) is 0. The first-order chi connectivity index (χ1) is 9.59. The Morgan fingerprint density at radius 2 is 1.24 bits per heavy atom. The summed E-state index contributed by atoms with van der Waals surface area (Å²) in [5.74, 6) is 2.12. The monoisotopic (exact) mass is 307 g/mol. The fourth-order valence-electron chi connectivity index (χ4n) is 2.62. The average molecular weight is 308 g/mol. The van der Waals surface area contributed by atoms with Crippen LogP contribution in [0.25, 0.3) is 0 Å². The molecule has 120 valence electrons. The van der Waals surface area contributed by atoms with E-state index in [0.29, 0.717) is 10.8 Å². The van der Waals surface area contributed by atoms with Crippen molar-refractivity contribution in [3.8, 4) is 0 Å². The van der Waals surface area contributed by atoms with Crippen LogP contribution in [-0.4, -0.2) is 12.3 Å². The van der Waals surface area contributed by atoms with Gasteiger partial charge in [0.05, 0.1) is 0 Å². The van der Waals surface area contributed by atoms with E-state index in [9.17, 15) is 0 Å². The summed E-state index contributed by atoms with van der Waals surface area (Å²) >= 11 is 1.93. The predicted molar refractivity (Wildman–Crippen MR) is 98.0 cm³/mol. The van der Waals surface area contributed by atoms with Gasteiger partial charge < -0.3 is 5.73 Å². The van der Waals surface area contributed by atoms with Crippen molar-refractivity contribution in [2.75, 3.05) is 12.3 Å². The molecule has 0 amide bonds. The Labute approximate surface area is 136 Å². The molecule has 0 aliphatic carbocycles. The van der Waals surface area contributed by atoms with Crippen LogP contribution in [0.3, 0.4) is 0 Å². The van der Waals surface area contributed by atoms with E-state index in [1.807, 2.05) is 11.8 Å². The Hall–Kier alpha value is -0.470. The number of hydrogen-bond acceptors (Lipinski definition) is 2. The zero-order valence-electron chi connectivity index (χ0n) is 14.8. The van der Waals surface area contributed by atoms with E-state index >= 15 is 0 Å². The third kappa shape index (κ3) is 8.53. The molecule has 0 spiro atoms. The van der Waals surface area contributed by atoms with Crippen molar-refractivity contribution in [2.24, 2.45) is 16.6 Å². The first-order valence-corrected chi connectivity index (χ1v) is 9.14. The summed E-state index contributed by atoms with van der Waals surface area (Å²) < 4.78 is 0. The normalized spacial score (nSPS) is 12.7. The molecular weight excluding hydrogens is 274 g/mol. The Balaban J connectivity index is 2.95. The molecule has 1 aromatic rings. The number of thioether (sulfide) groups is 1. The van der Waals surface area contributed by atoms with Gasteiger partial charge in [0.15, 0.2) is 0 Å². The van der Waals surface area contributed by atoms with Crippen LogP contribution in [0.5, 0.6) is 0 Å². The second-order valence-corrected chi connectivity index (χ2v) is 9.58. The Morgan fingerprint density at radius 3 is 1.62 bits per heavy atom. The van der Waals surface area contributed by atoms with Crippen molar-refractivity contribution in [2.45, 2.75) is 60.1 Å². The topological polar surface area (TPSA) is 26.0 Å². The first kappa shape index (κ1) is 18.6. The van der Waals surface area contributed by atoms with Gasteiger partial charge in [-0.2, -0.15) is 11.8 Å². The highest BCUT2D eigenvalue weighted by molar-refractivity contribution is 7.98. The van der Waals surface area contributed by atoms with Gasteiger partial charge in [0.1, 0.15) is 0 Å². The molecule has 0 aromatic heterocycles. The minimum absolute atomic E-state index is 0.335. The molecule has 1 aromatic carbocycles. The second-order valence-electron chi connectivity index (χ2n) is 8.47. The maximum Gasteiger partial charge on any atom is 0.0185 e. The lowest BCUT2D eigenvalue weighted by molar-refractivity contribution is 0.405. The lowest BCUT2D eigenvalue weighted by atomic mass is 9.84. The third-order valence-corrected chi connectivity index (χ3v) is 4.17. The van der Waals surface area contributed by atoms with Gasteiger partial charge in [-0.3, -0.25) is 0 Å². The van der Waals surface area contributed by atoms with Crippen LogP contribution in [0, 0.1) is 10.8 Å². The van der Waals surface area contributed by atoms with E-state index < -0.39 is 0 Å². The van der Waals surface area contributed by atoms with Gasteiger partial charge >= 0.3 is 0 Å². The molecule has 0 aliphatic heterocycles. The standard InChI is InChI=1S/C19H33NS/c1-18(2,3)12-15-9-16(13-19(4,5)6)11-17(10-15)14-21-8-7-20/h9-11H,7-8,12-14,20H2,1-6H3. The van der Waals surface area contributed by atoms with Gasteiger partial charge in [-0.05, 0) is 40.4 Å². The van der Waals surface area contributed by atoms with E-state index in [1.165, 1.54) is 16.7 Å². The number of rotatable bonds is 6. The molecule has 1 rings (SSSR count). The molecule has 2 heteroatoms. The van der Waals surface area contributed by atoms with E-state index in [4.69, 9.17) is 5.73 Å². The molecule has 0 aliphatic rings. The molecule has 0 unspecified atom stereocenters. The third-order valence-electron chi connectivity index (χ3n) is 3.11. The summed E-state index contributed by atoms with van der Waals surface area (Å²) in [4.78, 5) is 0. The fraction of sp³-hybridized carbons (Fsp3) is 0.684. The maximum atomic E-state index is 5.60. The maximum absolute atomic E-state index is 5.60. The summed E-state index contributed by atoms with van der Waals surface area (Å²) in [5.41, 5.74) is 10.7. The van der Waals surface area contributed by atoms with E-state index in [2.05, 4.69) is 59.7 Å². The van der Waals surface area contributed by atoms with Gasteiger partial charge in [0.2, 0.25) is 0 Å². The van der Waals surface area contributed by atoms with Crippen LogP contribution in [-0.2, 0) is 18.6 Å². The molecule has 0 radical (unpaired) electrons. The fourth-order valence-corrected chi connectivity index (χ4v) is 3.34. The van der Waals surface area contributed by atoms with Gasteiger partial charge in [-0.1, -0.05) is 59.7 Å². The summed E-state index contributed by atoms with van der Waals surface area (Å²) in [5, 5.41) is 0. The number of hydrogen-bond donors (Lipinski definition) is 1. The van der Waals surface area contributed by atoms with Crippen LogP contribution in [0.15, 0.2) is 18.2 Å². The smallest absolute Gasteiger partial charge is 0.0185 e. The van der Waals surface area contributed by atoms with Crippen LogP contribution in [0.2, 0.25) is 0 Å². The van der Waals surface area contributed by atoms with Crippen molar-refractivity contribution in [3.63, 3.8) is 0 Å². The number of benzene rings is 1. The van der Waals surface area contributed by atoms with Crippen molar-refractivity contribution in [3.05, 3.63) is 34.9 Å². The molecular formula is C19H33NS. The van der Waals surface area contributed by atoms with Crippen molar-refractivity contribution in [1.82, 2.24) is 0 Å². The minimum atomic E-state index is 0.335. The van der Waals surface area contributed by atoms with Gasteiger partial charge in [0, 0.05) is 18.1 Å². The molecule has 0 bridgehead atoms. The number of nitrogens with two attached hydrogens (primary N) is 1. The van der Waals surface area contributed by atoms with E-state index in [1.54, 1.807) is 0 Å². The molecule has 0 heterocycles. The van der Waals surface area contributed by atoms with Crippen LogP contribution in [0.4, 0.5) is 0 Å². The van der Waals surface area contributed by atoms with E-state index in [-0.39, 0.29) is 0 Å². The van der Waals surface area contributed by atoms with Gasteiger partial charge in [0.25, 0.3) is 0 Å². The van der Waals surface area contributed by atoms with Crippen LogP contribution < -0.4 is 5.73 Å². The SMILES string of the molecule is CC(C)(C)Cc1cc(CSCCN)cc(CC(C)(C)C)c1. The Morgan fingerprint density at radius 1 is 0.810 bits per heavy atom. The Kier molecular flexibility index (Phi) is 6.80. The first-order valence-electron chi connectivity index (χ1n) is 7.99. The quantitative estimate of drug-likeness (QED) is 0.744. The highest BCUT2D eigenvalue weighted by Crippen LogP contribution is 2.27. The van der Waals surface area contributed by atoms with Crippen molar-refractivity contribution < 1.29 is 0 Å². The average Bonchev–Trinajstić information content (AvgIpc) is 2.24. The van der Waals surface area contributed by atoms with Gasteiger partial charge in [-0.15, -0.1) is 0 Å². The molecule has 0 saturated heterocycles. The minimum Gasteiger partial charge on any atom is -0.330 e. The zero-order chi connectivity index (χ0) is 16.1. The lowest BCUT2D eigenvalue weighted by Crippen LogP contribution is -2.12. The van der Waals surface area contributed by atoms with Crippen molar-refractivity contribution >= 4 is 11.8 Å². The summed E-state index contributed by atoms with van der Waals surface area (Å²) in [6, 6.07) is 7.19. The van der Waals surface area contributed by atoms with Gasteiger partial charge in [-0.25, -0.2) is 0 Å². The zero-order valence-corrected chi connectivity index (χ0v) is 15.6. The molecule has 0 saturated carbocycles. The summed E-state index contributed by atoms with van der Waals surface area (Å²) in [6.45, 7) is 14.6. The van der Waals surface area contributed by atoms with Crippen molar-refractivity contribution in [1.29, 1.82) is 0 Å². The molecule has 0 atom stereocenters. The summed E-state index contributed by atoms with van der Waals surface area (Å²) in [6.07, 6.45) is 2.28. The molecule has 0 fully saturated rings. The van der Waals surface area contributed by atoms with Crippen LogP contribution >= 0.6 is 11.8 Å². The second kappa shape index (κ2) is 7.69. The predicted octanol–water partition coefficient (Wildman–Crippen LogP) is 5.06. The molecule has 1 nitrogen and oxygen atoms in total. The molecule has 21 heavy (non-hydrogen) atoms. The van der Waals surface area contributed by atoms with E-state index in [0.717, 1.165) is 30.9 Å². The Bertz CT molecular complexity index is 404. The highest BCUT2D eigenvalue weighted by Gasteiger charge is 2.15.